The summed E-state index contributed by atoms with van der Waals surface area (Å²) in [6, 6.07) is 30.2. The van der Waals surface area contributed by atoms with Crippen LogP contribution in [0.15, 0.2) is 102 Å². The van der Waals surface area contributed by atoms with E-state index in [1.165, 1.54) is 0 Å². The molecule has 0 aliphatic heterocycles. The van der Waals surface area contributed by atoms with Crippen molar-refractivity contribution in [3.05, 3.63) is 118 Å². The van der Waals surface area contributed by atoms with Gasteiger partial charge in [0, 0.05) is 27.4 Å². The molecule has 5 heteroatoms. The minimum Gasteiger partial charge on any atom is -0.488 e. The smallest absolute Gasteiger partial charge is 0.128 e. The van der Waals surface area contributed by atoms with Gasteiger partial charge in [-0.1, -0.05) is 59.6 Å². The highest BCUT2D eigenvalue weighted by Gasteiger charge is 2.06. The van der Waals surface area contributed by atoms with Crippen molar-refractivity contribution in [1.82, 2.24) is 0 Å². The first kappa shape index (κ1) is 21.0. The van der Waals surface area contributed by atoms with Gasteiger partial charge in [0.2, 0.25) is 0 Å². The molecular weight excluding hydrogens is 429 g/mol. The van der Waals surface area contributed by atoms with E-state index in [9.17, 15) is 0 Å². The predicted octanol–water partition coefficient (Wildman–Crippen LogP) is 8.12. The number of ether oxygens (including phenoxy) is 2. The zero-order valence-electron chi connectivity index (χ0n) is 16.5. The van der Waals surface area contributed by atoms with Gasteiger partial charge in [0.25, 0.3) is 0 Å². The molecule has 0 aromatic heterocycles. The van der Waals surface area contributed by atoms with Crippen molar-refractivity contribution >= 4 is 35.1 Å². The van der Waals surface area contributed by atoms with E-state index in [1.807, 2.05) is 91.0 Å². The van der Waals surface area contributed by atoms with Gasteiger partial charge in [-0.3, -0.25) is 4.99 Å². The molecule has 4 aromatic rings. The molecule has 3 nitrogen and oxygen atoms in total. The lowest BCUT2D eigenvalue weighted by molar-refractivity contribution is 0.306. The van der Waals surface area contributed by atoms with Crippen LogP contribution in [-0.4, -0.2) is 6.21 Å². The molecule has 0 spiro atoms. The zero-order chi connectivity index (χ0) is 21.5. The van der Waals surface area contributed by atoms with Crippen molar-refractivity contribution in [1.29, 1.82) is 0 Å². The molecule has 0 atom stereocenters. The zero-order valence-corrected chi connectivity index (χ0v) is 18.1. The average Bonchev–Trinajstić information content (AvgIpc) is 2.80. The maximum atomic E-state index is 6.22. The number of aliphatic imine (C=N–C) groups is 1. The van der Waals surface area contributed by atoms with Gasteiger partial charge in [-0.2, -0.15) is 0 Å². The summed E-state index contributed by atoms with van der Waals surface area (Å²) in [6.45, 7) is 0.355. The number of para-hydroxylation sites is 1. The van der Waals surface area contributed by atoms with Crippen LogP contribution in [0.1, 0.15) is 11.1 Å². The maximum absolute atomic E-state index is 6.22. The molecule has 154 valence electrons. The first-order valence-corrected chi connectivity index (χ1v) is 10.5. The lowest BCUT2D eigenvalue weighted by Gasteiger charge is -2.10. The van der Waals surface area contributed by atoms with Gasteiger partial charge in [-0.15, -0.1) is 0 Å². The largest absolute Gasteiger partial charge is 0.488 e. The Kier molecular flexibility index (Phi) is 6.88. The maximum Gasteiger partial charge on any atom is 0.128 e. The molecule has 0 aliphatic rings. The van der Waals surface area contributed by atoms with E-state index in [2.05, 4.69) is 4.99 Å². The number of hydrogen-bond donors (Lipinski definition) is 0. The second kappa shape index (κ2) is 10.2. The molecule has 0 fully saturated rings. The third-order valence-electron chi connectivity index (χ3n) is 4.48. The van der Waals surface area contributed by atoms with Crippen LogP contribution in [0.4, 0.5) is 5.69 Å². The van der Waals surface area contributed by atoms with Gasteiger partial charge < -0.3 is 9.47 Å². The van der Waals surface area contributed by atoms with Crippen molar-refractivity contribution in [2.45, 2.75) is 6.61 Å². The number of nitrogens with zero attached hydrogens (tertiary/aromatic N) is 1. The predicted molar refractivity (Wildman–Crippen MR) is 127 cm³/mol. The number of rotatable bonds is 7. The fraction of sp³-hybridized carbons (Fsp3) is 0.0385. The molecule has 4 rings (SSSR count). The monoisotopic (exact) mass is 447 g/mol. The summed E-state index contributed by atoms with van der Waals surface area (Å²) < 4.78 is 11.8. The normalized spacial score (nSPS) is 10.9. The van der Waals surface area contributed by atoms with Gasteiger partial charge in [0.15, 0.2) is 0 Å². The molecule has 0 radical (unpaired) electrons. The highest BCUT2D eigenvalue weighted by Crippen LogP contribution is 2.26. The Balaban J connectivity index is 1.47. The van der Waals surface area contributed by atoms with E-state index in [1.54, 1.807) is 12.3 Å². The number of halogens is 2. The molecule has 0 unspecified atom stereocenters. The van der Waals surface area contributed by atoms with Gasteiger partial charge in [-0.25, -0.2) is 0 Å². The van der Waals surface area contributed by atoms with E-state index >= 15 is 0 Å². The van der Waals surface area contributed by atoms with Gasteiger partial charge >= 0.3 is 0 Å². The van der Waals surface area contributed by atoms with Crippen LogP contribution in [0, 0.1) is 0 Å². The van der Waals surface area contributed by atoms with Crippen LogP contribution in [0.3, 0.4) is 0 Å². The first-order valence-electron chi connectivity index (χ1n) is 9.70. The fourth-order valence-corrected chi connectivity index (χ4v) is 3.26. The Hall–Kier alpha value is -3.27. The summed E-state index contributed by atoms with van der Waals surface area (Å²) in [6.07, 6.45) is 1.74. The Bertz CT molecular complexity index is 1180. The molecule has 0 bridgehead atoms. The lowest BCUT2D eigenvalue weighted by Crippen LogP contribution is -1.99. The molecule has 0 saturated heterocycles. The number of benzene rings is 4. The highest BCUT2D eigenvalue weighted by molar-refractivity contribution is 6.31. The summed E-state index contributed by atoms with van der Waals surface area (Å²) in [5.74, 6) is 2.21. The third-order valence-corrected chi connectivity index (χ3v) is 5.09. The molecular formula is C26H19Cl2NO2. The van der Waals surface area contributed by atoms with Crippen LogP contribution >= 0.6 is 23.2 Å². The Morgan fingerprint density at radius 3 is 2.23 bits per heavy atom. The van der Waals surface area contributed by atoms with Crippen molar-refractivity contribution in [2.75, 3.05) is 0 Å². The van der Waals surface area contributed by atoms with Crippen molar-refractivity contribution < 1.29 is 9.47 Å². The topological polar surface area (TPSA) is 30.8 Å². The molecule has 0 heterocycles. The summed E-state index contributed by atoms with van der Waals surface area (Å²) in [5.41, 5.74) is 2.48. The molecule has 0 amide bonds. The van der Waals surface area contributed by atoms with E-state index in [-0.39, 0.29) is 0 Å². The van der Waals surface area contributed by atoms with E-state index < -0.39 is 0 Å². The van der Waals surface area contributed by atoms with Crippen molar-refractivity contribution in [2.24, 2.45) is 4.99 Å². The minimum atomic E-state index is 0.355. The van der Waals surface area contributed by atoms with Crippen LogP contribution in [-0.2, 0) is 6.61 Å². The lowest BCUT2D eigenvalue weighted by atomic mass is 10.2. The average molecular weight is 448 g/mol. The first-order chi connectivity index (χ1) is 15.2. The van der Waals surface area contributed by atoms with Gasteiger partial charge in [-0.05, 0) is 60.7 Å². The van der Waals surface area contributed by atoms with Gasteiger partial charge in [0.05, 0.1) is 5.69 Å². The van der Waals surface area contributed by atoms with E-state index in [0.29, 0.717) is 22.4 Å². The summed E-state index contributed by atoms with van der Waals surface area (Å²) in [4.78, 5) is 4.55. The molecule has 0 aliphatic carbocycles. The molecule has 4 aromatic carbocycles. The summed E-state index contributed by atoms with van der Waals surface area (Å²) in [7, 11) is 0. The second-order valence-corrected chi connectivity index (χ2v) is 7.57. The SMILES string of the molecule is Clc1ccc(OCc2ccccc2Cl)c(C=Nc2ccc(Oc3ccccc3)cc2)c1. The van der Waals surface area contributed by atoms with Gasteiger partial charge in [0.1, 0.15) is 23.9 Å². The third kappa shape index (κ3) is 5.88. The van der Waals surface area contributed by atoms with Crippen LogP contribution in [0.25, 0.3) is 0 Å². The quantitative estimate of drug-likeness (QED) is 0.267. The number of hydrogen-bond acceptors (Lipinski definition) is 3. The Morgan fingerprint density at radius 1 is 0.742 bits per heavy atom. The van der Waals surface area contributed by atoms with Crippen LogP contribution in [0.2, 0.25) is 10.0 Å². The van der Waals surface area contributed by atoms with Crippen LogP contribution in [0.5, 0.6) is 17.2 Å². The standard InChI is InChI=1S/C26H19Cl2NO2/c27-21-10-15-26(30-18-19-6-4-5-9-25(19)28)20(16-21)17-29-22-11-13-24(14-12-22)31-23-7-2-1-3-8-23/h1-17H,18H2. The molecule has 31 heavy (non-hydrogen) atoms. The van der Waals surface area contributed by atoms with Crippen LogP contribution < -0.4 is 9.47 Å². The van der Waals surface area contributed by atoms with Crippen molar-refractivity contribution in [3.63, 3.8) is 0 Å². The highest BCUT2D eigenvalue weighted by atomic mass is 35.5. The summed E-state index contributed by atoms with van der Waals surface area (Å²) >= 11 is 12.4. The fourth-order valence-electron chi connectivity index (χ4n) is 2.89. The van der Waals surface area contributed by atoms with Crippen molar-refractivity contribution in [3.8, 4) is 17.2 Å². The second-order valence-electron chi connectivity index (χ2n) is 6.73. The van der Waals surface area contributed by atoms with E-state index in [0.717, 1.165) is 28.3 Å². The molecule has 0 saturated carbocycles. The Morgan fingerprint density at radius 2 is 1.45 bits per heavy atom. The minimum absolute atomic E-state index is 0.355. The Labute approximate surface area is 191 Å². The van der Waals surface area contributed by atoms with E-state index in [4.69, 9.17) is 32.7 Å². The summed E-state index contributed by atoms with van der Waals surface area (Å²) in [5, 5.41) is 1.28. The molecule has 0 N–H and O–H groups in total.